The Morgan fingerprint density at radius 2 is 2.04 bits per heavy atom. The van der Waals surface area contributed by atoms with E-state index in [-0.39, 0.29) is 29.8 Å². The van der Waals surface area contributed by atoms with Crippen LogP contribution in [0.4, 0.5) is 5.82 Å². The van der Waals surface area contributed by atoms with Crippen LogP contribution >= 0.6 is 0 Å². The Labute approximate surface area is 145 Å². The number of H-pyrrole nitrogens is 1. The molecule has 1 aliphatic heterocycles. The average molecular weight is 339 g/mol. The van der Waals surface area contributed by atoms with Crippen LogP contribution in [-0.4, -0.2) is 37.9 Å². The molecule has 1 saturated carbocycles. The molecular formula is C18H21N5O2. The molecule has 2 N–H and O–H groups in total. The summed E-state index contributed by atoms with van der Waals surface area (Å²) >= 11 is 0. The molecule has 0 aromatic carbocycles. The molecule has 2 atom stereocenters. The van der Waals surface area contributed by atoms with Crippen molar-refractivity contribution in [2.45, 2.75) is 44.7 Å². The van der Waals surface area contributed by atoms with Gasteiger partial charge in [0.05, 0.1) is 12.0 Å². The molecule has 2 aliphatic rings. The van der Waals surface area contributed by atoms with Gasteiger partial charge in [-0.15, -0.1) is 0 Å². The third kappa shape index (κ3) is 3.14. The van der Waals surface area contributed by atoms with E-state index in [0.717, 1.165) is 24.1 Å². The van der Waals surface area contributed by atoms with Crippen molar-refractivity contribution in [3.05, 3.63) is 41.9 Å². The minimum Gasteiger partial charge on any atom is -0.332 e. The van der Waals surface area contributed by atoms with Gasteiger partial charge < -0.3 is 10.2 Å². The SMILES string of the molecule is Cc1cc(NC(=O)[C@H]2CCC(=O)N(C3CC3)[C@@H]2c2ccncc2)n[nH]1. The molecule has 0 bridgehead atoms. The van der Waals surface area contributed by atoms with E-state index in [0.29, 0.717) is 18.7 Å². The van der Waals surface area contributed by atoms with E-state index in [1.54, 1.807) is 18.5 Å². The highest BCUT2D eigenvalue weighted by molar-refractivity contribution is 5.94. The van der Waals surface area contributed by atoms with Crippen molar-refractivity contribution in [2.24, 2.45) is 5.92 Å². The number of pyridine rings is 1. The molecule has 7 heteroatoms. The van der Waals surface area contributed by atoms with Gasteiger partial charge in [-0.2, -0.15) is 5.10 Å². The standard InChI is InChI=1S/C18H21N5O2/c1-11-10-15(22-21-11)20-18(25)14-4-5-16(24)23(13-2-3-13)17(14)12-6-8-19-9-7-12/h6-10,13-14,17H,2-5H2,1H3,(H2,20,21,22,25)/t14-,17+/m0/s1. The van der Waals surface area contributed by atoms with Crippen molar-refractivity contribution in [1.82, 2.24) is 20.1 Å². The number of hydrogen-bond acceptors (Lipinski definition) is 4. The van der Waals surface area contributed by atoms with Crippen molar-refractivity contribution < 1.29 is 9.59 Å². The van der Waals surface area contributed by atoms with Gasteiger partial charge >= 0.3 is 0 Å². The Bertz CT molecular complexity index is 784. The lowest BCUT2D eigenvalue weighted by molar-refractivity contribution is -0.142. The number of carbonyl (C=O) groups excluding carboxylic acids is 2. The number of nitrogens with one attached hydrogen (secondary N) is 2. The molecule has 0 radical (unpaired) electrons. The molecule has 4 rings (SSSR count). The number of aromatic nitrogens is 3. The van der Waals surface area contributed by atoms with Crippen molar-refractivity contribution in [2.75, 3.05) is 5.32 Å². The first-order valence-corrected chi connectivity index (χ1v) is 8.67. The fourth-order valence-electron chi connectivity index (χ4n) is 3.63. The highest BCUT2D eigenvalue weighted by Gasteiger charge is 2.46. The minimum atomic E-state index is -0.294. The number of rotatable bonds is 4. The number of aryl methyl sites for hydroxylation is 1. The maximum atomic E-state index is 12.9. The van der Waals surface area contributed by atoms with Gasteiger partial charge in [-0.1, -0.05) is 0 Å². The first kappa shape index (κ1) is 15.8. The number of likely N-dealkylation sites (tertiary alicyclic amines) is 1. The summed E-state index contributed by atoms with van der Waals surface area (Å²) in [6.07, 6.45) is 6.41. The van der Waals surface area contributed by atoms with Crippen LogP contribution in [0.1, 0.15) is 43.0 Å². The fourth-order valence-corrected chi connectivity index (χ4v) is 3.63. The lowest BCUT2D eigenvalue weighted by Gasteiger charge is -2.41. The quantitative estimate of drug-likeness (QED) is 0.893. The molecule has 2 aromatic rings. The molecule has 1 saturated heterocycles. The highest BCUT2D eigenvalue weighted by Crippen LogP contribution is 2.43. The van der Waals surface area contributed by atoms with Crippen LogP contribution in [0.3, 0.4) is 0 Å². The van der Waals surface area contributed by atoms with Gasteiger partial charge in [0, 0.05) is 36.6 Å². The van der Waals surface area contributed by atoms with Gasteiger partial charge in [0.25, 0.3) is 0 Å². The number of carbonyl (C=O) groups is 2. The summed E-state index contributed by atoms with van der Waals surface area (Å²) in [6, 6.07) is 5.62. The van der Waals surface area contributed by atoms with E-state index in [1.165, 1.54) is 0 Å². The zero-order valence-electron chi connectivity index (χ0n) is 14.1. The molecule has 3 heterocycles. The van der Waals surface area contributed by atoms with Crippen LogP contribution < -0.4 is 5.32 Å². The number of amides is 2. The lowest BCUT2D eigenvalue weighted by Crippen LogP contribution is -2.47. The summed E-state index contributed by atoms with van der Waals surface area (Å²) in [6.45, 7) is 1.89. The number of hydrogen-bond donors (Lipinski definition) is 2. The summed E-state index contributed by atoms with van der Waals surface area (Å²) in [4.78, 5) is 31.5. The Kier molecular flexibility index (Phi) is 3.99. The zero-order valence-corrected chi connectivity index (χ0v) is 14.1. The largest absolute Gasteiger partial charge is 0.332 e. The van der Waals surface area contributed by atoms with E-state index in [2.05, 4.69) is 20.5 Å². The average Bonchev–Trinajstić information content (AvgIpc) is 3.37. The molecule has 0 spiro atoms. The van der Waals surface area contributed by atoms with E-state index in [4.69, 9.17) is 0 Å². The Hall–Kier alpha value is -2.70. The van der Waals surface area contributed by atoms with Crippen LogP contribution in [0.15, 0.2) is 30.6 Å². The van der Waals surface area contributed by atoms with Gasteiger partial charge in [0.15, 0.2) is 5.82 Å². The fraction of sp³-hybridized carbons (Fsp3) is 0.444. The van der Waals surface area contributed by atoms with Gasteiger partial charge in [0.2, 0.25) is 11.8 Å². The second-order valence-electron chi connectivity index (χ2n) is 6.83. The molecule has 2 amide bonds. The number of aromatic amines is 1. The van der Waals surface area contributed by atoms with Crippen molar-refractivity contribution >= 4 is 17.6 Å². The first-order valence-electron chi connectivity index (χ1n) is 8.67. The second kappa shape index (κ2) is 6.31. The molecule has 130 valence electrons. The van der Waals surface area contributed by atoms with Gasteiger partial charge in [-0.3, -0.25) is 19.7 Å². The predicted octanol–water partition coefficient (Wildman–Crippen LogP) is 2.19. The zero-order chi connectivity index (χ0) is 17.4. The second-order valence-corrected chi connectivity index (χ2v) is 6.83. The molecule has 2 aromatic heterocycles. The smallest absolute Gasteiger partial charge is 0.231 e. The molecule has 0 unspecified atom stereocenters. The minimum absolute atomic E-state index is 0.0912. The van der Waals surface area contributed by atoms with Gasteiger partial charge in [-0.25, -0.2) is 0 Å². The van der Waals surface area contributed by atoms with Gasteiger partial charge in [-0.05, 0) is 43.9 Å². The molecule has 7 nitrogen and oxygen atoms in total. The van der Waals surface area contributed by atoms with E-state index in [9.17, 15) is 9.59 Å². The van der Waals surface area contributed by atoms with E-state index < -0.39 is 0 Å². The summed E-state index contributed by atoms with van der Waals surface area (Å²) in [5.74, 6) is 0.277. The number of piperidine rings is 1. The van der Waals surface area contributed by atoms with Crippen molar-refractivity contribution in [3.8, 4) is 0 Å². The predicted molar refractivity (Wildman–Crippen MR) is 91.5 cm³/mol. The third-order valence-corrected chi connectivity index (χ3v) is 4.92. The van der Waals surface area contributed by atoms with Crippen molar-refractivity contribution in [1.29, 1.82) is 0 Å². The first-order chi connectivity index (χ1) is 12.1. The molecule has 1 aliphatic carbocycles. The molecule has 25 heavy (non-hydrogen) atoms. The van der Waals surface area contributed by atoms with Crippen LogP contribution in [0.5, 0.6) is 0 Å². The van der Waals surface area contributed by atoms with Crippen LogP contribution in [0, 0.1) is 12.8 Å². The van der Waals surface area contributed by atoms with Gasteiger partial charge in [0.1, 0.15) is 0 Å². The van der Waals surface area contributed by atoms with Crippen LogP contribution in [0.25, 0.3) is 0 Å². The monoisotopic (exact) mass is 339 g/mol. The maximum Gasteiger partial charge on any atom is 0.231 e. The summed E-state index contributed by atoms with van der Waals surface area (Å²) in [5, 5.41) is 9.80. The molecular weight excluding hydrogens is 318 g/mol. The number of nitrogens with zero attached hydrogens (tertiary/aromatic N) is 3. The van der Waals surface area contributed by atoms with E-state index >= 15 is 0 Å². The topological polar surface area (TPSA) is 91.0 Å². The van der Waals surface area contributed by atoms with E-state index in [1.807, 2.05) is 24.0 Å². The normalized spacial score (nSPS) is 23.6. The summed E-state index contributed by atoms with van der Waals surface area (Å²) in [7, 11) is 0. The summed E-state index contributed by atoms with van der Waals surface area (Å²) in [5.41, 5.74) is 1.85. The van der Waals surface area contributed by atoms with Crippen LogP contribution in [-0.2, 0) is 9.59 Å². The lowest BCUT2D eigenvalue weighted by atomic mass is 9.83. The number of anilines is 1. The molecule has 2 fully saturated rings. The van der Waals surface area contributed by atoms with Crippen molar-refractivity contribution in [3.63, 3.8) is 0 Å². The Morgan fingerprint density at radius 3 is 2.68 bits per heavy atom. The third-order valence-electron chi connectivity index (χ3n) is 4.92. The van der Waals surface area contributed by atoms with Crippen LogP contribution in [0.2, 0.25) is 0 Å². The Balaban J connectivity index is 1.64. The highest BCUT2D eigenvalue weighted by atomic mass is 16.2. The summed E-state index contributed by atoms with van der Waals surface area (Å²) < 4.78 is 0. The maximum absolute atomic E-state index is 12.9. The Morgan fingerprint density at radius 1 is 1.28 bits per heavy atom.